The highest BCUT2D eigenvalue weighted by Crippen LogP contribution is 2.20. The summed E-state index contributed by atoms with van der Waals surface area (Å²) in [4.78, 5) is 11.1. The first-order valence-corrected chi connectivity index (χ1v) is 6.85. The van der Waals surface area contributed by atoms with Crippen molar-refractivity contribution in [3.63, 3.8) is 0 Å². The number of fused-ring (bicyclic) bond motifs is 1. The molecule has 0 unspecified atom stereocenters. The van der Waals surface area contributed by atoms with Crippen LogP contribution in [0.4, 0.5) is 0 Å². The number of rotatable bonds is 0. The smallest absolute Gasteiger partial charge is 0.268 e. The van der Waals surface area contributed by atoms with E-state index >= 15 is 0 Å². The lowest BCUT2D eigenvalue weighted by atomic mass is 10.2. The summed E-state index contributed by atoms with van der Waals surface area (Å²) in [7, 11) is -8.22. The number of hydrogen-bond acceptors (Lipinski definition) is 5. The van der Waals surface area contributed by atoms with Gasteiger partial charge < -0.3 is 0 Å². The predicted molar refractivity (Wildman–Crippen MR) is 55.3 cm³/mol. The Bertz CT molecular complexity index is 639. The molecule has 0 aromatic heterocycles. The van der Waals surface area contributed by atoms with Gasteiger partial charge in [-0.25, -0.2) is 13.1 Å². The second-order valence-electron chi connectivity index (χ2n) is 2.88. The number of carbonyl (C=O) groups excluding carboxylic acids is 1. The van der Waals surface area contributed by atoms with Crippen molar-refractivity contribution in [2.45, 2.75) is 4.90 Å². The third-order valence-electron chi connectivity index (χ3n) is 1.65. The molecular formula is C7H7NO7S2. The molecule has 94 valence electrons. The molecule has 0 saturated heterocycles. The molecule has 1 aliphatic heterocycles. The zero-order valence-electron chi connectivity index (χ0n) is 8.06. The van der Waals surface area contributed by atoms with Gasteiger partial charge in [0.15, 0.2) is 0 Å². The first kappa shape index (κ1) is 13.6. The molecular weight excluding hydrogens is 274 g/mol. The molecule has 1 aromatic carbocycles. The van der Waals surface area contributed by atoms with Crippen LogP contribution in [0.15, 0.2) is 29.2 Å². The lowest BCUT2D eigenvalue weighted by Crippen LogP contribution is -2.20. The summed E-state index contributed by atoms with van der Waals surface area (Å²) in [6.45, 7) is 0. The number of carbonyl (C=O) groups is 1. The standard InChI is InChI=1S/C7H5NO3S.H2O4S/c9-7-5-3-1-2-4-6(5)12(10,11)8-7;1-5(2,3)4/h1-4H,(H,8,9);(H2,1,2,3,4). The van der Waals surface area contributed by atoms with E-state index in [1.807, 2.05) is 4.72 Å². The van der Waals surface area contributed by atoms with Crippen molar-refractivity contribution in [3.8, 4) is 0 Å². The Kier molecular flexibility index (Phi) is 3.52. The predicted octanol–water partition coefficient (Wildman–Crippen LogP) is -0.534. The third-order valence-corrected chi connectivity index (χ3v) is 3.04. The number of benzene rings is 1. The molecule has 0 aliphatic carbocycles. The Labute approximate surface area is 96.9 Å². The average molecular weight is 281 g/mol. The maximum absolute atomic E-state index is 11.1. The van der Waals surface area contributed by atoms with Gasteiger partial charge in [0.1, 0.15) is 4.90 Å². The fourth-order valence-corrected chi connectivity index (χ4v) is 2.29. The topological polar surface area (TPSA) is 138 Å². The summed E-state index contributed by atoms with van der Waals surface area (Å²) in [5, 5.41) is 0. The van der Waals surface area contributed by atoms with Crippen LogP contribution in [0.5, 0.6) is 0 Å². The molecule has 2 rings (SSSR count). The van der Waals surface area contributed by atoms with Crippen LogP contribution in [0.25, 0.3) is 0 Å². The summed E-state index contributed by atoms with van der Waals surface area (Å²) < 4.78 is 55.7. The molecule has 8 nitrogen and oxygen atoms in total. The van der Waals surface area contributed by atoms with E-state index in [0.29, 0.717) is 0 Å². The molecule has 0 spiro atoms. The normalized spacial score (nSPS) is 16.5. The lowest BCUT2D eigenvalue weighted by molar-refractivity contribution is 0.0985. The molecule has 3 N–H and O–H groups in total. The lowest BCUT2D eigenvalue weighted by Gasteiger charge is -1.91. The van der Waals surface area contributed by atoms with Crippen molar-refractivity contribution < 1.29 is 30.7 Å². The first-order chi connectivity index (χ1) is 7.61. The highest BCUT2D eigenvalue weighted by molar-refractivity contribution is 7.90. The fourth-order valence-electron chi connectivity index (χ4n) is 1.12. The molecule has 0 bridgehead atoms. The number of hydrogen-bond donors (Lipinski definition) is 3. The van der Waals surface area contributed by atoms with Crippen LogP contribution in [-0.4, -0.2) is 31.8 Å². The minimum absolute atomic E-state index is 0.0648. The van der Waals surface area contributed by atoms with Gasteiger partial charge in [0.2, 0.25) is 0 Å². The maximum Gasteiger partial charge on any atom is 0.394 e. The van der Waals surface area contributed by atoms with Crippen molar-refractivity contribution in [2.24, 2.45) is 0 Å². The van der Waals surface area contributed by atoms with Crippen molar-refractivity contribution in [1.82, 2.24) is 4.72 Å². The van der Waals surface area contributed by atoms with Gasteiger partial charge in [0.25, 0.3) is 15.9 Å². The Morgan fingerprint density at radius 1 is 1.12 bits per heavy atom. The molecule has 1 amide bonds. The largest absolute Gasteiger partial charge is 0.394 e. The van der Waals surface area contributed by atoms with Gasteiger partial charge in [0, 0.05) is 0 Å². The van der Waals surface area contributed by atoms with Gasteiger partial charge in [-0.3, -0.25) is 13.9 Å². The molecule has 1 heterocycles. The molecule has 1 aliphatic rings. The average Bonchev–Trinajstić information content (AvgIpc) is 2.36. The summed E-state index contributed by atoms with van der Waals surface area (Å²) >= 11 is 0. The molecule has 0 saturated carbocycles. The van der Waals surface area contributed by atoms with Gasteiger partial charge >= 0.3 is 10.4 Å². The summed E-state index contributed by atoms with van der Waals surface area (Å²) in [6.07, 6.45) is 0. The van der Waals surface area contributed by atoms with Crippen LogP contribution in [0, 0.1) is 0 Å². The van der Waals surface area contributed by atoms with Crippen LogP contribution in [0.2, 0.25) is 0 Å². The Balaban J connectivity index is 0.000000249. The minimum atomic E-state index is -4.67. The van der Waals surface area contributed by atoms with Crippen LogP contribution in [0.3, 0.4) is 0 Å². The Hall–Kier alpha value is -1.49. The number of sulfonamides is 1. The zero-order valence-corrected chi connectivity index (χ0v) is 9.69. The summed E-state index contributed by atoms with van der Waals surface area (Å²) in [6, 6.07) is 6.09. The van der Waals surface area contributed by atoms with Gasteiger partial charge in [-0.2, -0.15) is 8.42 Å². The van der Waals surface area contributed by atoms with E-state index in [2.05, 4.69) is 0 Å². The van der Waals surface area contributed by atoms with Gasteiger partial charge in [-0.15, -0.1) is 0 Å². The van der Waals surface area contributed by atoms with Crippen LogP contribution >= 0.6 is 0 Å². The van der Waals surface area contributed by atoms with E-state index in [0.717, 1.165) is 0 Å². The van der Waals surface area contributed by atoms with Gasteiger partial charge in [-0.1, -0.05) is 12.1 Å². The molecule has 17 heavy (non-hydrogen) atoms. The van der Waals surface area contributed by atoms with E-state index in [4.69, 9.17) is 17.5 Å². The van der Waals surface area contributed by atoms with Gasteiger partial charge in [-0.05, 0) is 12.1 Å². The maximum atomic E-state index is 11.1. The second-order valence-corrected chi connectivity index (χ2v) is 5.43. The van der Waals surface area contributed by atoms with E-state index in [1.54, 1.807) is 12.1 Å². The third kappa shape index (κ3) is 3.78. The van der Waals surface area contributed by atoms with Crippen molar-refractivity contribution >= 4 is 26.3 Å². The number of amides is 1. The van der Waals surface area contributed by atoms with Crippen molar-refractivity contribution in [2.75, 3.05) is 0 Å². The highest BCUT2D eigenvalue weighted by atomic mass is 32.3. The van der Waals surface area contributed by atoms with E-state index < -0.39 is 26.3 Å². The SMILES string of the molecule is O=C1NS(=O)(=O)c2ccccc21.O=S(=O)(O)O. The number of nitrogens with one attached hydrogen (secondary N) is 1. The summed E-state index contributed by atoms with van der Waals surface area (Å²) in [5.74, 6) is -0.550. The van der Waals surface area contributed by atoms with Crippen molar-refractivity contribution in [1.29, 1.82) is 0 Å². The van der Waals surface area contributed by atoms with Gasteiger partial charge in [0.05, 0.1) is 5.56 Å². The van der Waals surface area contributed by atoms with Crippen LogP contribution < -0.4 is 4.72 Å². The monoisotopic (exact) mass is 281 g/mol. The van der Waals surface area contributed by atoms with E-state index in [9.17, 15) is 13.2 Å². The minimum Gasteiger partial charge on any atom is -0.268 e. The zero-order chi connectivity index (χ0) is 13.3. The summed E-state index contributed by atoms with van der Waals surface area (Å²) in [5.41, 5.74) is 0.220. The Morgan fingerprint density at radius 2 is 1.59 bits per heavy atom. The van der Waals surface area contributed by atoms with E-state index in [-0.39, 0.29) is 10.5 Å². The van der Waals surface area contributed by atoms with Crippen LogP contribution in [0.1, 0.15) is 10.4 Å². The molecule has 0 atom stereocenters. The van der Waals surface area contributed by atoms with Crippen LogP contribution in [-0.2, 0) is 20.4 Å². The molecule has 10 heteroatoms. The molecule has 1 aromatic rings. The molecule has 0 radical (unpaired) electrons. The molecule has 0 fully saturated rings. The van der Waals surface area contributed by atoms with Crippen molar-refractivity contribution in [3.05, 3.63) is 29.8 Å². The second kappa shape index (κ2) is 4.41. The highest BCUT2D eigenvalue weighted by Gasteiger charge is 2.31. The van der Waals surface area contributed by atoms with E-state index in [1.165, 1.54) is 12.1 Å². The Morgan fingerprint density at radius 3 is 2.06 bits per heavy atom. The quantitative estimate of drug-likeness (QED) is 0.543. The fraction of sp³-hybridized carbons (Fsp3) is 0. The first-order valence-electron chi connectivity index (χ1n) is 3.97.